The molecule has 1 aliphatic rings. The molecule has 1 aliphatic heterocycles. The van der Waals surface area contributed by atoms with Crippen LogP contribution in [0.3, 0.4) is 0 Å². The Morgan fingerprint density at radius 1 is 1.40 bits per heavy atom. The first-order valence-electron chi connectivity index (χ1n) is 7.98. The van der Waals surface area contributed by atoms with Gasteiger partial charge >= 0.3 is 0 Å². The first-order valence-corrected chi connectivity index (χ1v) is 7.98. The number of aromatic nitrogens is 1. The summed E-state index contributed by atoms with van der Waals surface area (Å²) in [7, 11) is 0. The second-order valence-corrected chi connectivity index (χ2v) is 6.69. The van der Waals surface area contributed by atoms with Gasteiger partial charge in [-0.1, -0.05) is 20.8 Å². The van der Waals surface area contributed by atoms with Gasteiger partial charge in [-0.15, -0.1) is 0 Å². The predicted octanol–water partition coefficient (Wildman–Crippen LogP) is 3.37. The number of pyridine rings is 1. The van der Waals surface area contributed by atoms with Crippen LogP contribution in [0.1, 0.15) is 44.9 Å². The summed E-state index contributed by atoms with van der Waals surface area (Å²) in [6.07, 6.45) is 2.64. The van der Waals surface area contributed by atoms with E-state index in [0.29, 0.717) is 5.92 Å². The van der Waals surface area contributed by atoms with Crippen molar-refractivity contribution in [3.63, 3.8) is 0 Å². The van der Waals surface area contributed by atoms with Gasteiger partial charge in [0.2, 0.25) is 0 Å². The Labute approximate surface area is 123 Å². The van der Waals surface area contributed by atoms with Gasteiger partial charge < -0.3 is 10.2 Å². The molecule has 2 heterocycles. The van der Waals surface area contributed by atoms with Gasteiger partial charge in [-0.3, -0.25) is 0 Å². The molecule has 3 heteroatoms. The molecule has 1 atom stereocenters. The third-order valence-electron chi connectivity index (χ3n) is 3.86. The van der Waals surface area contributed by atoms with Crippen molar-refractivity contribution in [2.75, 3.05) is 24.5 Å². The van der Waals surface area contributed by atoms with Crippen molar-refractivity contribution < 1.29 is 0 Å². The van der Waals surface area contributed by atoms with E-state index >= 15 is 0 Å². The Kier molecular flexibility index (Phi) is 5.41. The van der Waals surface area contributed by atoms with Crippen molar-refractivity contribution in [2.45, 2.75) is 47.1 Å². The fourth-order valence-corrected chi connectivity index (χ4v) is 2.89. The van der Waals surface area contributed by atoms with Crippen LogP contribution in [0.25, 0.3) is 0 Å². The average molecular weight is 275 g/mol. The van der Waals surface area contributed by atoms with E-state index in [2.05, 4.69) is 50.0 Å². The van der Waals surface area contributed by atoms with Crippen LogP contribution in [-0.2, 0) is 6.54 Å². The fourth-order valence-electron chi connectivity index (χ4n) is 2.89. The molecule has 1 unspecified atom stereocenters. The lowest BCUT2D eigenvalue weighted by Gasteiger charge is -2.32. The summed E-state index contributed by atoms with van der Waals surface area (Å²) in [6.45, 7) is 13.2. The Morgan fingerprint density at radius 3 is 2.90 bits per heavy atom. The standard InChI is InChI=1S/C17H29N3/c1-13(2)10-18-11-16-8-15(4)19-17(9-16)20-7-5-6-14(3)12-20/h8-9,13-14,18H,5-7,10-12H2,1-4H3. The first-order chi connectivity index (χ1) is 9.54. The van der Waals surface area contributed by atoms with Crippen LogP contribution < -0.4 is 10.2 Å². The summed E-state index contributed by atoms with van der Waals surface area (Å²) in [5.74, 6) is 2.65. The highest BCUT2D eigenvalue weighted by Crippen LogP contribution is 2.22. The largest absolute Gasteiger partial charge is 0.356 e. The first kappa shape index (κ1) is 15.3. The molecule has 0 bridgehead atoms. The van der Waals surface area contributed by atoms with E-state index in [1.165, 1.54) is 18.4 Å². The average Bonchev–Trinajstić information content (AvgIpc) is 2.37. The number of rotatable bonds is 5. The zero-order chi connectivity index (χ0) is 14.5. The van der Waals surface area contributed by atoms with Crippen LogP contribution in [0.2, 0.25) is 0 Å². The monoisotopic (exact) mass is 275 g/mol. The molecule has 0 spiro atoms. The van der Waals surface area contributed by atoms with E-state index in [4.69, 9.17) is 4.98 Å². The van der Waals surface area contributed by atoms with Crippen molar-refractivity contribution in [1.29, 1.82) is 0 Å². The number of aryl methyl sites for hydroxylation is 1. The third-order valence-corrected chi connectivity index (χ3v) is 3.86. The van der Waals surface area contributed by atoms with Gasteiger partial charge in [0.1, 0.15) is 5.82 Å². The third kappa shape index (κ3) is 4.48. The molecular formula is C17H29N3. The van der Waals surface area contributed by atoms with Crippen molar-refractivity contribution in [3.05, 3.63) is 23.4 Å². The zero-order valence-corrected chi connectivity index (χ0v) is 13.4. The van der Waals surface area contributed by atoms with Crippen molar-refractivity contribution in [2.24, 2.45) is 11.8 Å². The molecule has 0 radical (unpaired) electrons. The molecule has 0 saturated carbocycles. The van der Waals surface area contributed by atoms with E-state index < -0.39 is 0 Å². The topological polar surface area (TPSA) is 28.2 Å². The summed E-state index contributed by atoms with van der Waals surface area (Å²) in [4.78, 5) is 7.18. The Morgan fingerprint density at radius 2 is 2.20 bits per heavy atom. The number of hydrogen-bond donors (Lipinski definition) is 1. The second-order valence-electron chi connectivity index (χ2n) is 6.69. The van der Waals surface area contributed by atoms with Gasteiger partial charge in [0, 0.05) is 25.3 Å². The Balaban J connectivity index is 2.03. The maximum absolute atomic E-state index is 4.73. The van der Waals surface area contributed by atoms with Crippen LogP contribution in [0.4, 0.5) is 5.82 Å². The normalized spacial score (nSPS) is 19.6. The van der Waals surface area contributed by atoms with Crippen molar-refractivity contribution >= 4 is 5.82 Å². The molecule has 1 N–H and O–H groups in total. The molecule has 1 aromatic rings. The Bertz CT molecular complexity index is 428. The van der Waals surface area contributed by atoms with Gasteiger partial charge in [0.25, 0.3) is 0 Å². The molecule has 2 rings (SSSR count). The zero-order valence-electron chi connectivity index (χ0n) is 13.4. The number of piperidine rings is 1. The summed E-state index contributed by atoms with van der Waals surface area (Å²) >= 11 is 0. The predicted molar refractivity (Wildman–Crippen MR) is 86.1 cm³/mol. The summed E-state index contributed by atoms with van der Waals surface area (Å²) < 4.78 is 0. The molecule has 20 heavy (non-hydrogen) atoms. The molecular weight excluding hydrogens is 246 g/mol. The van der Waals surface area contributed by atoms with Gasteiger partial charge in [0.15, 0.2) is 0 Å². The molecule has 0 amide bonds. The Hall–Kier alpha value is -1.09. The second kappa shape index (κ2) is 7.07. The molecule has 1 fully saturated rings. The minimum absolute atomic E-state index is 0.695. The lowest BCUT2D eigenvalue weighted by Crippen LogP contribution is -2.35. The lowest BCUT2D eigenvalue weighted by atomic mass is 10.0. The summed E-state index contributed by atoms with van der Waals surface area (Å²) in [5.41, 5.74) is 2.48. The van der Waals surface area contributed by atoms with E-state index in [1.54, 1.807) is 0 Å². The van der Waals surface area contributed by atoms with Gasteiger partial charge in [-0.2, -0.15) is 0 Å². The van der Waals surface area contributed by atoms with Gasteiger partial charge in [0.05, 0.1) is 0 Å². The highest BCUT2D eigenvalue weighted by molar-refractivity contribution is 5.43. The molecule has 1 aromatic heterocycles. The van der Waals surface area contributed by atoms with Crippen LogP contribution in [-0.4, -0.2) is 24.6 Å². The van der Waals surface area contributed by atoms with E-state index in [9.17, 15) is 0 Å². The lowest BCUT2D eigenvalue weighted by molar-refractivity contribution is 0.444. The number of nitrogens with one attached hydrogen (secondary N) is 1. The minimum Gasteiger partial charge on any atom is -0.356 e. The molecule has 1 saturated heterocycles. The van der Waals surface area contributed by atoms with Crippen LogP contribution in [0.15, 0.2) is 12.1 Å². The van der Waals surface area contributed by atoms with Crippen LogP contribution >= 0.6 is 0 Å². The van der Waals surface area contributed by atoms with E-state index in [0.717, 1.165) is 43.6 Å². The van der Waals surface area contributed by atoms with Crippen molar-refractivity contribution in [1.82, 2.24) is 10.3 Å². The minimum atomic E-state index is 0.695. The maximum Gasteiger partial charge on any atom is 0.129 e. The number of anilines is 1. The SMILES string of the molecule is Cc1cc(CNCC(C)C)cc(N2CCCC(C)C2)n1. The van der Waals surface area contributed by atoms with Gasteiger partial charge in [-0.25, -0.2) is 4.98 Å². The molecule has 0 aromatic carbocycles. The number of hydrogen-bond acceptors (Lipinski definition) is 3. The van der Waals surface area contributed by atoms with Crippen LogP contribution in [0, 0.1) is 18.8 Å². The summed E-state index contributed by atoms with van der Waals surface area (Å²) in [6, 6.07) is 4.46. The van der Waals surface area contributed by atoms with Gasteiger partial charge in [-0.05, 0) is 55.8 Å². The fraction of sp³-hybridized carbons (Fsp3) is 0.706. The highest BCUT2D eigenvalue weighted by atomic mass is 15.2. The van der Waals surface area contributed by atoms with Crippen molar-refractivity contribution in [3.8, 4) is 0 Å². The smallest absolute Gasteiger partial charge is 0.129 e. The maximum atomic E-state index is 4.73. The van der Waals surface area contributed by atoms with Crippen LogP contribution in [0.5, 0.6) is 0 Å². The quantitative estimate of drug-likeness (QED) is 0.893. The highest BCUT2D eigenvalue weighted by Gasteiger charge is 2.18. The summed E-state index contributed by atoms with van der Waals surface area (Å²) in [5, 5.41) is 3.52. The van der Waals surface area contributed by atoms with E-state index in [-0.39, 0.29) is 0 Å². The van der Waals surface area contributed by atoms with E-state index in [1.807, 2.05) is 0 Å². The molecule has 3 nitrogen and oxygen atoms in total. The number of nitrogens with zero attached hydrogens (tertiary/aromatic N) is 2. The molecule has 112 valence electrons. The molecule has 0 aliphatic carbocycles.